The minimum Gasteiger partial charge on any atom is -0.382 e. The Bertz CT molecular complexity index is 331. The zero-order chi connectivity index (χ0) is 16.2. The van der Waals surface area contributed by atoms with Crippen molar-refractivity contribution in [2.75, 3.05) is 45.9 Å². The Hall–Kier alpha value is -1.07. The second-order valence-electron chi connectivity index (χ2n) is 6.08. The smallest absolute Gasteiger partial charge is 0.191 e. The number of likely N-dealkylation sites (tertiary alicyclic amines) is 1. The second kappa shape index (κ2) is 11.5. The summed E-state index contributed by atoms with van der Waals surface area (Å²) in [5.41, 5.74) is 0. The van der Waals surface area contributed by atoms with Gasteiger partial charge in [0.2, 0.25) is 0 Å². The number of hydrogen-bond donors (Lipinski definition) is 2. The summed E-state index contributed by atoms with van der Waals surface area (Å²) >= 11 is 0. The summed E-state index contributed by atoms with van der Waals surface area (Å²) in [6, 6.07) is 0.643. The lowest BCUT2D eigenvalue weighted by molar-refractivity contribution is 0.145. The van der Waals surface area contributed by atoms with Crippen molar-refractivity contribution >= 4 is 5.96 Å². The summed E-state index contributed by atoms with van der Waals surface area (Å²) in [5, 5.41) is 6.65. The minimum atomic E-state index is 0.643. The molecular weight excluding hydrogens is 276 g/mol. The maximum Gasteiger partial charge on any atom is 0.191 e. The first-order valence-electron chi connectivity index (χ1n) is 8.62. The van der Waals surface area contributed by atoms with E-state index in [1.54, 1.807) is 0 Å². The molecule has 0 amide bonds. The van der Waals surface area contributed by atoms with Crippen LogP contribution in [0.1, 0.15) is 33.6 Å². The minimum absolute atomic E-state index is 0.643. The van der Waals surface area contributed by atoms with Gasteiger partial charge >= 0.3 is 0 Å². The molecule has 0 spiro atoms. The van der Waals surface area contributed by atoms with E-state index < -0.39 is 0 Å². The van der Waals surface area contributed by atoms with Gasteiger partial charge in [0, 0.05) is 45.4 Å². The summed E-state index contributed by atoms with van der Waals surface area (Å²) in [4.78, 5) is 7.27. The van der Waals surface area contributed by atoms with Gasteiger partial charge in [0.1, 0.15) is 0 Å². The standard InChI is InChI=1S/C17H34N4O/c1-5-9-18-17(19-10-7-12-22-6-2)20-13-16-8-11-21(14-16)15(3)4/h5,15-16H,1,6-14H2,2-4H3,(H2,18,19,20). The van der Waals surface area contributed by atoms with E-state index in [1.165, 1.54) is 19.5 Å². The molecule has 5 nitrogen and oxygen atoms in total. The molecule has 1 heterocycles. The summed E-state index contributed by atoms with van der Waals surface area (Å²) in [5.74, 6) is 1.56. The molecule has 1 atom stereocenters. The molecule has 2 N–H and O–H groups in total. The Kier molecular flexibility index (Phi) is 9.91. The van der Waals surface area contributed by atoms with E-state index in [0.717, 1.165) is 45.2 Å². The summed E-state index contributed by atoms with van der Waals surface area (Å²) in [7, 11) is 0. The van der Waals surface area contributed by atoms with Crippen LogP contribution in [-0.4, -0.2) is 62.8 Å². The van der Waals surface area contributed by atoms with Crippen LogP contribution >= 0.6 is 0 Å². The molecular formula is C17H34N4O. The van der Waals surface area contributed by atoms with E-state index in [0.29, 0.717) is 12.0 Å². The van der Waals surface area contributed by atoms with Crippen LogP contribution in [0.2, 0.25) is 0 Å². The molecule has 5 heteroatoms. The van der Waals surface area contributed by atoms with Crippen LogP contribution < -0.4 is 10.6 Å². The van der Waals surface area contributed by atoms with Crippen LogP contribution in [-0.2, 0) is 4.74 Å². The molecule has 22 heavy (non-hydrogen) atoms. The molecule has 0 radical (unpaired) electrons. The number of nitrogens with zero attached hydrogens (tertiary/aromatic N) is 2. The third-order valence-corrected chi connectivity index (χ3v) is 3.93. The van der Waals surface area contributed by atoms with Crippen LogP contribution in [0.3, 0.4) is 0 Å². The van der Waals surface area contributed by atoms with Gasteiger partial charge in [-0.25, -0.2) is 0 Å². The topological polar surface area (TPSA) is 48.9 Å². The Morgan fingerprint density at radius 3 is 2.91 bits per heavy atom. The van der Waals surface area contributed by atoms with E-state index in [4.69, 9.17) is 9.73 Å². The predicted octanol–water partition coefficient (Wildman–Crippen LogP) is 1.86. The first-order chi connectivity index (χ1) is 10.7. The second-order valence-corrected chi connectivity index (χ2v) is 6.08. The summed E-state index contributed by atoms with van der Waals surface area (Å²) in [6.07, 6.45) is 4.10. The highest BCUT2D eigenvalue weighted by Gasteiger charge is 2.23. The average Bonchev–Trinajstić information content (AvgIpc) is 2.98. The van der Waals surface area contributed by atoms with Crippen LogP contribution in [0.4, 0.5) is 0 Å². The van der Waals surface area contributed by atoms with Crippen molar-refractivity contribution in [3.63, 3.8) is 0 Å². The fraction of sp³-hybridized carbons (Fsp3) is 0.824. The van der Waals surface area contributed by atoms with Gasteiger partial charge in [-0.1, -0.05) is 6.08 Å². The lowest BCUT2D eigenvalue weighted by Gasteiger charge is -2.20. The molecule has 1 saturated heterocycles. The largest absolute Gasteiger partial charge is 0.382 e. The Balaban J connectivity index is 2.33. The van der Waals surface area contributed by atoms with Crippen molar-refractivity contribution in [2.45, 2.75) is 39.7 Å². The fourth-order valence-corrected chi connectivity index (χ4v) is 2.57. The van der Waals surface area contributed by atoms with Gasteiger partial charge in [-0.15, -0.1) is 6.58 Å². The molecule has 1 rings (SSSR count). The first kappa shape index (κ1) is 19.0. The van der Waals surface area contributed by atoms with Crippen molar-refractivity contribution in [2.24, 2.45) is 10.9 Å². The molecule has 1 unspecified atom stereocenters. The predicted molar refractivity (Wildman–Crippen MR) is 94.4 cm³/mol. The van der Waals surface area contributed by atoms with E-state index >= 15 is 0 Å². The molecule has 1 aliphatic heterocycles. The Labute approximate surface area is 136 Å². The van der Waals surface area contributed by atoms with E-state index in [-0.39, 0.29) is 0 Å². The van der Waals surface area contributed by atoms with Crippen molar-refractivity contribution in [3.8, 4) is 0 Å². The van der Waals surface area contributed by atoms with Crippen LogP contribution in [0.5, 0.6) is 0 Å². The SMILES string of the molecule is C=CCNC(=NCC1CCN(C(C)C)C1)NCCCOCC. The summed E-state index contributed by atoms with van der Waals surface area (Å²) < 4.78 is 5.35. The quantitative estimate of drug-likeness (QED) is 0.280. The third-order valence-electron chi connectivity index (χ3n) is 3.93. The molecule has 128 valence electrons. The highest BCUT2D eigenvalue weighted by molar-refractivity contribution is 5.79. The lowest BCUT2D eigenvalue weighted by Crippen LogP contribution is -2.38. The Morgan fingerprint density at radius 2 is 2.27 bits per heavy atom. The normalized spacial score (nSPS) is 19.6. The van der Waals surface area contributed by atoms with Crippen LogP contribution in [0.15, 0.2) is 17.6 Å². The highest BCUT2D eigenvalue weighted by Crippen LogP contribution is 2.18. The zero-order valence-corrected chi connectivity index (χ0v) is 14.6. The molecule has 0 bridgehead atoms. The number of guanidine groups is 1. The van der Waals surface area contributed by atoms with Gasteiger partial charge in [0.25, 0.3) is 0 Å². The van der Waals surface area contributed by atoms with Crippen LogP contribution in [0, 0.1) is 5.92 Å². The zero-order valence-electron chi connectivity index (χ0n) is 14.6. The monoisotopic (exact) mass is 310 g/mol. The van der Waals surface area contributed by atoms with Gasteiger partial charge in [-0.3, -0.25) is 4.99 Å². The van der Waals surface area contributed by atoms with Gasteiger partial charge in [-0.2, -0.15) is 0 Å². The number of ether oxygens (including phenoxy) is 1. The van der Waals surface area contributed by atoms with Gasteiger partial charge in [-0.05, 0) is 46.1 Å². The number of rotatable bonds is 10. The average molecular weight is 310 g/mol. The lowest BCUT2D eigenvalue weighted by atomic mass is 10.1. The number of nitrogens with one attached hydrogen (secondary N) is 2. The molecule has 0 aliphatic carbocycles. The Morgan fingerprint density at radius 1 is 1.45 bits per heavy atom. The summed E-state index contributed by atoms with van der Waals surface area (Å²) in [6.45, 7) is 16.8. The highest BCUT2D eigenvalue weighted by atomic mass is 16.5. The van der Waals surface area contributed by atoms with E-state index in [1.807, 2.05) is 13.0 Å². The number of hydrogen-bond acceptors (Lipinski definition) is 3. The fourth-order valence-electron chi connectivity index (χ4n) is 2.57. The van der Waals surface area contributed by atoms with Crippen molar-refractivity contribution < 1.29 is 4.74 Å². The molecule has 0 aromatic carbocycles. The molecule has 0 aromatic heterocycles. The molecule has 1 fully saturated rings. The maximum atomic E-state index is 5.35. The van der Waals surface area contributed by atoms with Crippen LogP contribution in [0.25, 0.3) is 0 Å². The molecule has 1 aliphatic rings. The first-order valence-corrected chi connectivity index (χ1v) is 8.62. The third kappa shape index (κ3) is 7.80. The molecule has 0 saturated carbocycles. The van der Waals surface area contributed by atoms with E-state index in [2.05, 4.69) is 36.0 Å². The van der Waals surface area contributed by atoms with Gasteiger partial charge < -0.3 is 20.3 Å². The number of aliphatic imine (C=N–C) groups is 1. The van der Waals surface area contributed by atoms with Crippen molar-refractivity contribution in [1.82, 2.24) is 15.5 Å². The van der Waals surface area contributed by atoms with Crippen molar-refractivity contribution in [3.05, 3.63) is 12.7 Å². The van der Waals surface area contributed by atoms with E-state index in [9.17, 15) is 0 Å². The van der Waals surface area contributed by atoms with Gasteiger partial charge in [0.05, 0.1) is 0 Å². The molecule has 0 aromatic rings. The maximum absolute atomic E-state index is 5.35. The van der Waals surface area contributed by atoms with Crippen molar-refractivity contribution in [1.29, 1.82) is 0 Å². The van der Waals surface area contributed by atoms with Gasteiger partial charge in [0.15, 0.2) is 5.96 Å².